The maximum absolute atomic E-state index is 12.3. The number of benzene rings is 2. The summed E-state index contributed by atoms with van der Waals surface area (Å²) in [5.74, 6) is 0.0938. The van der Waals surface area contributed by atoms with Crippen LogP contribution in [0, 0.1) is 0 Å². The van der Waals surface area contributed by atoms with Crippen LogP contribution in [-0.4, -0.2) is 15.4 Å². The number of pyridine rings is 1. The van der Waals surface area contributed by atoms with Gasteiger partial charge in [0.25, 0.3) is 5.56 Å². The molecule has 6 nitrogen and oxygen atoms in total. The molecule has 0 aliphatic carbocycles. The van der Waals surface area contributed by atoms with Crippen molar-refractivity contribution in [3.63, 3.8) is 0 Å². The number of esters is 1. The summed E-state index contributed by atoms with van der Waals surface area (Å²) in [4.78, 5) is 28.7. The molecule has 0 spiro atoms. The van der Waals surface area contributed by atoms with Gasteiger partial charge in [-0.05, 0) is 35.0 Å². The second kappa shape index (κ2) is 6.91. The van der Waals surface area contributed by atoms with Gasteiger partial charge in [0, 0.05) is 17.6 Å². The van der Waals surface area contributed by atoms with E-state index in [1.807, 2.05) is 42.5 Å². The predicted molar refractivity (Wildman–Crippen MR) is 109 cm³/mol. The minimum absolute atomic E-state index is 0.00949. The number of nitrogens with zero attached hydrogens (tertiary/aromatic N) is 2. The molecule has 3 heterocycles. The van der Waals surface area contributed by atoms with Crippen molar-refractivity contribution in [1.29, 1.82) is 0 Å². The van der Waals surface area contributed by atoms with Gasteiger partial charge in [-0.3, -0.25) is 14.0 Å². The third-order valence-electron chi connectivity index (χ3n) is 4.80. The largest absolute Gasteiger partial charge is 0.460 e. The number of aromatic nitrogens is 2. The highest BCUT2D eigenvalue weighted by Crippen LogP contribution is 2.28. The Morgan fingerprint density at radius 3 is 2.79 bits per heavy atom. The van der Waals surface area contributed by atoms with Crippen LogP contribution in [-0.2, 0) is 22.6 Å². The molecule has 0 radical (unpaired) electrons. The highest BCUT2D eigenvalue weighted by atomic mass is 16.5. The summed E-state index contributed by atoms with van der Waals surface area (Å²) >= 11 is 0. The van der Waals surface area contributed by atoms with Crippen molar-refractivity contribution in [2.45, 2.75) is 13.0 Å². The van der Waals surface area contributed by atoms with Crippen molar-refractivity contribution in [3.05, 3.63) is 94.7 Å². The lowest BCUT2D eigenvalue weighted by Crippen LogP contribution is -2.16. The molecule has 0 saturated heterocycles. The predicted octanol–water partition coefficient (Wildman–Crippen LogP) is 3.88. The second-order valence-electron chi connectivity index (χ2n) is 6.76. The molecule has 0 aliphatic heterocycles. The van der Waals surface area contributed by atoms with E-state index in [0.717, 1.165) is 21.7 Å². The Labute approximate surface area is 165 Å². The molecule has 0 amide bonds. The molecule has 0 saturated carbocycles. The fourth-order valence-corrected chi connectivity index (χ4v) is 3.46. The van der Waals surface area contributed by atoms with E-state index < -0.39 is 5.97 Å². The topological polar surface area (TPSA) is 73.8 Å². The quantitative estimate of drug-likeness (QED) is 0.440. The molecule has 0 atom stereocenters. The first-order valence-electron chi connectivity index (χ1n) is 9.20. The van der Waals surface area contributed by atoms with E-state index in [0.29, 0.717) is 17.1 Å². The first kappa shape index (κ1) is 17.2. The third-order valence-corrected chi connectivity index (χ3v) is 4.80. The fraction of sp³-hybridized carbons (Fsp3) is 0.0870. The van der Waals surface area contributed by atoms with Crippen LogP contribution in [0.25, 0.3) is 27.4 Å². The van der Waals surface area contributed by atoms with Crippen molar-refractivity contribution in [2.24, 2.45) is 0 Å². The molecule has 3 aromatic heterocycles. The van der Waals surface area contributed by atoms with Gasteiger partial charge in [-0.15, -0.1) is 0 Å². The first-order chi connectivity index (χ1) is 14.2. The average Bonchev–Trinajstić information content (AvgIpc) is 3.15. The first-order valence-corrected chi connectivity index (χ1v) is 9.20. The molecular weight excluding hydrogens is 368 g/mol. The summed E-state index contributed by atoms with van der Waals surface area (Å²) in [7, 11) is 0. The molecule has 0 N–H and O–H groups in total. The van der Waals surface area contributed by atoms with Crippen molar-refractivity contribution in [2.75, 3.05) is 0 Å². The Morgan fingerprint density at radius 1 is 1.00 bits per heavy atom. The Morgan fingerprint density at radius 2 is 1.86 bits per heavy atom. The lowest BCUT2D eigenvalue weighted by atomic mass is 10.1. The maximum Gasteiger partial charge on any atom is 0.313 e. The number of hydrogen-bond acceptors (Lipinski definition) is 5. The summed E-state index contributed by atoms with van der Waals surface area (Å²) in [6.45, 7) is -0.0668. The summed E-state index contributed by atoms with van der Waals surface area (Å²) in [5, 5.41) is 3.16. The highest BCUT2D eigenvalue weighted by Gasteiger charge is 2.13. The number of ether oxygens (including phenoxy) is 1. The Hall–Kier alpha value is -3.93. The minimum atomic E-state index is -0.441. The fourth-order valence-electron chi connectivity index (χ4n) is 3.46. The lowest BCUT2D eigenvalue weighted by molar-refractivity contribution is -0.144. The molecular formula is C23H16N2O4. The van der Waals surface area contributed by atoms with E-state index >= 15 is 0 Å². The van der Waals surface area contributed by atoms with Crippen LogP contribution in [0.3, 0.4) is 0 Å². The average molecular weight is 384 g/mol. The number of fused-ring (bicyclic) bond motifs is 4. The summed E-state index contributed by atoms with van der Waals surface area (Å²) in [6, 6.07) is 20.4. The van der Waals surface area contributed by atoms with Gasteiger partial charge >= 0.3 is 5.97 Å². The smallest absolute Gasteiger partial charge is 0.313 e. The summed E-state index contributed by atoms with van der Waals surface area (Å²) in [6.07, 6.45) is 1.65. The van der Waals surface area contributed by atoms with E-state index in [-0.39, 0.29) is 18.6 Å². The molecule has 5 rings (SSSR count). The standard InChI is InChI=1S/C23H16N2O4/c26-22-11-16(24-21-7-3-4-10-25(21)22)14-28-23(27)13-17-12-19-18-6-2-1-5-15(18)8-9-20(19)29-17/h1-12H,13-14H2. The number of furan rings is 1. The van der Waals surface area contributed by atoms with Crippen LogP contribution in [0.4, 0.5) is 0 Å². The second-order valence-corrected chi connectivity index (χ2v) is 6.76. The highest BCUT2D eigenvalue weighted by molar-refractivity contribution is 6.06. The van der Waals surface area contributed by atoms with Crippen LogP contribution in [0.5, 0.6) is 0 Å². The number of rotatable bonds is 4. The Balaban J connectivity index is 1.33. The Bertz CT molecular complexity index is 1430. The van der Waals surface area contributed by atoms with Crippen LogP contribution in [0.2, 0.25) is 0 Å². The molecule has 5 aromatic rings. The molecule has 142 valence electrons. The van der Waals surface area contributed by atoms with Crippen LogP contribution >= 0.6 is 0 Å². The van der Waals surface area contributed by atoms with Gasteiger partial charge in [-0.2, -0.15) is 0 Å². The number of carbonyl (C=O) groups excluding carboxylic acids is 1. The van der Waals surface area contributed by atoms with Gasteiger partial charge in [0.1, 0.15) is 30.0 Å². The molecule has 6 heteroatoms. The van der Waals surface area contributed by atoms with Crippen LogP contribution in [0.15, 0.2) is 82.1 Å². The van der Waals surface area contributed by atoms with E-state index in [1.165, 1.54) is 10.5 Å². The molecule has 0 fully saturated rings. The number of carbonyl (C=O) groups is 1. The van der Waals surface area contributed by atoms with E-state index in [1.54, 1.807) is 24.4 Å². The SMILES string of the molecule is O=C(Cc1cc2c(ccc3ccccc32)o1)OCc1cc(=O)n2ccccc2n1. The summed E-state index contributed by atoms with van der Waals surface area (Å²) < 4.78 is 12.6. The van der Waals surface area contributed by atoms with E-state index in [2.05, 4.69) is 4.98 Å². The zero-order valence-electron chi connectivity index (χ0n) is 15.4. The van der Waals surface area contributed by atoms with Crippen molar-refractivity contribution in [3.8, 4) is 0 Å². The monoisotopic (exact) mass is 384 g/mol. The van der Waals surface area contributed by atoms with Crippen LogP contribution in [0.1, 0.15) is 11.5 Å². The van der Waals surface area contributed by atoms with Gasteiger partial charge in [0.15, 0.2) is 0 Å². The molecule has 29 heavy (non-hydrogen) atoms. The molecule has 0 aliphatic rings. The molecule has 2 aromatic carbocycles. The Kier molecular flexibility index (Phi) is 4.09. The van der Waals surface area contributed by atoms with Crippen molar-refractivity contribution in [1.82, 2.24) is 9.38 Å². The molecule has 0 unspecified atom stereocenters. The van der Waals surface area contributed by atoms with E-state index in [4.69, 9.17) is 9.15 Å². The van der Waals surface area contributed by atoms with Crippen LogP contribution < -0.4 is 5.56 Å². The maximum atomic E-state index is 12.3. The van der Waals surface area contributed by atoms with Gasteiger partial charge in [0.2, 0.25) is 0 Å². The van der Waals surface area contributed by atoms with E-state index in [9.17, 15) is 9.59 Å². The van der Waals surface area contributed by atoms with Crippen molar-refractivity contribution >= 4 is 33.4 Å². The van der Waals surface area contributed by atoms with Gasteiger partial charge in [-0.1, -0.05) is 36.4 Å². The zero-order chi connectivity index (χ0) is 19.8. The van der Waals surface area contributed by atoms with Crippen molar-refractivity contribution < 1.29 is 13.9 Å². The number of hydrogen-bond donors (Lipinski definition) is 0. The third kappa shape index (κ3) is 3.25. The molecule has 0 bridgehead atoms. The normalized spacial score (nSPS) is 11.3. The summed E-state index contributed by atoms with van der Waals surface area (Å²) in [5.41, 5.74) is 1.43. The van der Waals surface area contributed by atoms with Gasteiger partial charge < -0.3 is 9.15 Å². The zero-order valence-corrected chi connectivity index (χ0v) is 15.4. The van der Waals surface area contributed by atoms with Gasteiger partial charge in [-0.25, -0.2) is 4.98 Å². The minimum Gasteiger partial charge on any atom is -0.460 e. The lowest BCUT2D eigenvalue weighted by Gasteiger charge is -2.05. The van der Waals surface area contributed by atoms with Gasteiger partial charge in [0.05, 0.1) is 5.69 Å².